The van der Waals surface area contributed by atoms with Crippen LogP contribution < -0.4 is 0 Å². The summed E-state index contributed by atoms with van der Waals surface area (Å²) in [5.74, 6) is 0.441. The summed E-state index contributed by atoms with van der Waals surface area (Å²) in [5, 5.41) is 16.8. The van der Waals surface area contributed by atoms with Crippen molar-refractivity contribution in [3.05, 3.63) is 83.7 Å². The molecular weight excluding hydrogens is 448 g/mol. The van der Waals surface area contributed by atoms with Gasteiger partial charge in [-0.25, -0.2) is 4.98 Å². The first-order valence-electron chi connectivity index (χ1n) is 12.3. The van der Waals surface area contributed by atoms with Crippen molar-refractivity contribution in [1.29, 1.82) is 5.41 Å². The van der Waals surface area contributed by atoms with Gasteiger partial charge in [-0.1, -0.05) is 6.07 Å². The standard InChI is InChI=1S/C28H28N8/c1-18-26(24(14-29)20-6-8-30-9-7-20)33-28(32-18)27-23-13-21(4-5-25(23)34-35-27)22-12-19(15-31-16-22)17-36-10-2-3-11-36/h4-9,12-16,24,29H,2-3,10-11,17H2,1H3,(H,32,33)(H,34,35). The summed E-state index contributed by atoms with van der Waals surface area (Å²) >= 11 is 0. The van der Waals surface area contributed by atoms with Gasteiger partial charge >= 0.3 is 0 Å². The van der Waals surface area contributed by atoms with Crippen LogP contribution in [0.4, 0.5) is 0 Å². The number of aromatic amines is 2. The van der Waals surface area contributed by atoms with Gasteiger partial charge < -0.3 is 10.4 Å². The Morgan fingerprint density at radius 2 is 1.86 bits per heavy atom. The van der Waals surface area contributed by atoms with Crippen LogP contribution in [0.2, 0.25) is 0 Å². The third kappa shape index (κ3) is 4.20. The molecule has 0 spiro atoms. The van der Waals surface area contributed by atoms with Crippen molar-refractivity contribution in [2.45, 2.75) is 32.2 Å². The molecule has 6 rings (SSSR count). The predicted octanol–water partition coefficient (Wildman–Crippen LogP) is 5.10. The van der Waals surface area contributed by atoms with Crippen molar-refractivity contribution in [2.24, 2.45) is 0 Å². The zero-order valence-corrected chi connectivity index (χ0v) is 20.2. The van der Waals surface area contributed by atoms with Crippen LogP contribution in [0.25, 0.3) is 33.5 Å². The van der Waals surface area contributed by atoms with Gasteiger partial charge in [-0.3, -0.25) is 20.0 Å². The highest BCUT2D eigenvalue weighted by Crippen LogP contribution is 2.32. The number of rotatable bonds is 7. The minimum Gasteiger partial charge on any atom is -0.340 e. The molecule has 8 nitrogen and oxygen atoms in total. The molecule has 0 bridgehead atoms. The summed E-state index contributed by atoms with van der Waals surface area (Å²) in [6, 6.07) is 12.4. The highest BCUT2D eigenvalue weighted by atomic mass is 15.1. The van der Waals surface area contributed by atoms with Crippen molar-refractivity contribution in [3.63, 3.8) is 0 Å². The number of fused-ring (bicyclic) bond motifs is 1. The van der Waals surface area contributed by atoms with Crippen LogP contribution in [-0.4, -0.2) is 54.3 Å². The topological polar surface area (TPSA) is 110 Å². The Labute approximate surface area is 209 Å². The van der Waals surface area contributed by atoms with Crippen molar-refractivity contribution < 1.29 is 0 Å². The second kappa shape index (κ2) is 9.47. The number of aromatic nitrogens is 6. The van der Waals surface area contributed by atoms with Crippen LogP contribution in [0.3, 0.4) is 0 Å². The molecule has 5 aromatic rings. The molecule has 3 N–H and O–H groups in total. The van der Waals surface area contributed by atoms with E-state index in [4.69, 9.17) is 10.4 Å². The minimum absolute atomic E-state index is 0.247. The van der Waals surface area contributed by atoms with Crippen LogP contribution in [0.1, 0.15) is 41.3 Å². The fourth-order valence-corrected chi connectivity index (χ4v) is 5.10. The number of benzene rings is 1. The number of hydrogen-bond acceptors (Lipinski definition) is 6. The highest BCUT2D eigenvalue weighted by Gasteiger charge is 2.21. The lowest BCUT2D eigenvalue weighted by molar-refractivity contribution is 0.331. The van der Waals surface area contributed by atoms with Gasteiger partial charge in [-0.15, -0.1) is 0 Å². The van der Waals surface area contributed by atoms with E-state index < -0.39 is 0 Å². The van der Waals surface area contributed by atoms with Crippen molar-refractivity contribution >= 4 is 17.1 Å². The van der Waals surface area contributed by atoms with E-state index in [0.29, 0.717) is 5.82 Å². The number of nitrogens with zero attached hydrogens (tertiary/aromatic N) is 5. The van der Waals surface area contributed by atoms with Gasteiger partial charge in [0.1, 0.15) is 5.69 Å². The quantitative estimate of drug-likeness (QED) is 0.283. The summed E-state index contributed by atoms with van der Waals surface area (Å²) in [7, 11) is 0. The third-order valence-electron chi connectivity index (χ3n) is 6.97. The maximum atomic E-state index is 8.03. The van der Waals surface area contributed by atoms with Gasteiger partial charge in [0.05, 0.1) is 17.1 Å². The van der Waals surface area contributed by atoms with E-state index in [2.05, 4.69) is 54.3 Å². The average Bonchev–Trinajstić information content (AvgIpc) is 3.66. The lowest BCUT2D eigenvalue weighted by Gasteiger charge is -2.14. The number of likely N-dealkylation sites (tertiary alicyclic amines) is 1. The van der Waals surface area contributed by atoms with Crippen LogP contribution in [0, 0.1) is 12.3 Å². The molecule has 0 saturated carbocycles. The van der Waals surface area contributed by atoms with Gasteiger partial charge in [0.25, 0.3) is 0 Å². The van der Waals surface area contributed by atoms with E-state index >= 15 is 0 Å². The Morgan fingerprint density at radius 3 is 2.67 bits per heavy atom. The number of nitrogens with one attached hydrogen (secondary N) is 3. The van der Waals surface area contributed by atoms with Gasteiger partial charge in [-0.2, -0.15) is 5.10 Å². The van der Waals surface area contributed by atoms with Gasteiger partial charge in [-0.05, 0) is 79.9 Å². The molecule has 1 aromatic carbocycles. The molecule has 4 aromatic heterocycles. The van der Waals surface area contributed by atoms with Crippen LogP contribution in [0.15, 0.2) is 61.2 Å². The van der Waals surface area contributed by atoms with Crippen molar-refractivity contribution in [1.82, 2.24) is 35.0 Å². The molecule has 0 amide bonds. The normalized spacial score (nSPS) is 14.9. The second-order valence-corrected chi connectivity index (χ2v) is 9.42. The largest absolute Gasteiger partial charge is 0.340 e. The van der Waals surface area contributed by atoms with E-state index in [9.17, 15) is 0 Å². The van der Waals surface area contributed by atoms with Gasteiger partial charge in [0, 0.05) is 54.2 Å². The molecule has 8 heteroatoms. The molecule has 1 aliphatic heterocycles. The molecule has 0 aliphatic carbocycles. The first-order valence-corrected chi connectivity index (χ1v) is 12.3. The van der Waals surface area contributed by atoms with Crippen LogP contribution in [0.5, 0.6) is 0 Å². The van der Waals surface area contributed by atoms with E-state index in [-0.39, 0.29) is 5.92 Å². The Morgan fingerprint density at radius 1 is 1.03 bits per heavy atom. The minimum atomic E-state index is -0.247. The zero-order valence-electron chi connectivity index (χ0n) is 20.2. The maximum absolute atomic E-state index is 8.03. The summed E-state index contributed by atoms with van der Waals surface area (Å²) < 4.78 is 0. The molecule has 0 radical (unpaired) electrons. The highest BCUT2D eigenvalue weighted by molar-refractivity contribution is 5.94. The van der Waals surface area contributed by atoms with E-state index in [1.54, 1.807) is 12.4 Å². The fourth-order valence-electron chi connectivity index (χ4n) is 5.10. The second-order valence-electron chi connectivity index (χ2n) is 9.42. The van der Waals surface area contributed by atoms with Crippen LogP contribution >= 0.6 is 0 Å². The molecule has 180 valence electrons. The SMILES string of the molecule is Cc1[nH]c(-c2n[nH]c3ccc(-c4cncc(CN5CCCC5)c4)cc23)nc1C(C=N)c1ccncc1. The third-order valence-corrected chi connectivity index (χ3v) is 6.97. The summed E-state index contributed by atoms with van der Waals surface area (Å²) in [5.41, 5.74) is 7.86. The Bertz CT molecular complexity index is 1510. The smallest absolute Gasteiger partial charge is 0.159 e. The van der Waals surface area contributed by atoms with Crippen molar-refractivity contribution in [3.8, 4) is 22.6 Å². The summed E-state index contributed by atoms with van der Waals surface area (Å²) in [4.78, 5) is 19.4. The first kappa shape index (κ1) is 22.3. The number of imidazole rings is 1. The molecule has 1 fully saturated rings. The molecule has 1 aliphatic rings. The monoisotopic (exact) mass is 476 g/mol. The first-order chi connectivity index (χ1) is 17.7. The van der Waals surface area contributed by atoms with E-state index in [1.807, 2.05) is 31.5 Å². The number of hydrogen-bond donors (Lipinski definition) is 3. The lowest BCUT2D eigenvalue weighted by atomic mass is 9.97. The lowest BCUT2D eigenvalue weighted by Crippen LogP contribution is -2.18. The molecular formula is C28H28N8. The number of H-pyrrole nitrogens is 2. The Kier molecular flexibility index (Phi) is 5.87. The summed E-state index contributed by atoms with van der Waals surface area (Å²) in [6.07, 6.45) is 11.4. The number of pyridine rings is 2. The Hall–Kier alpha value is -4.17. The molecule has 5 heterocycles. The zero-order chi connectivity index (χ0) is 24.5. The fraction of sp³-hybridized carbons (Fsp3) is 0.250. The predicted molar refractivity (Wildman–Crippen MR) is 141 cm³/mol. The van der Waals surface area contributed by atoms with E-state index in [1.165, 1.54) is 37.7 Å². The van der Waals surface area contributed by atoms with E-state index in [0.717, 1.165) is 51.2 Å². The molecule has 1 unspecified atom stereocenters. The molecule has 1 atom stereocenters. The van der Waals surface area contributed by atoms with Crippen LogP contribution in [-0.2, 0) is 6.54 Å². The van der Waals surface area contributed by atoms with Gasteiger partial charge in [0.15, 0.2) is 5.82 Å². The molecule has 1 saturated heterocycles. The summed E-state index contributed by atoms with van der Waals surface area (Å²) in [6.45, 7) is 5.26. The van der Waals surface area contributed by atoms with Gasteiger partial charge in [0.2, 0.25) is 0 Å². The average molecular weight is 477 g/mol. The molecule has 36 heavy (non-hydrogen) atoms. The maximum Gasteiger partial charge on any atom is 0.159 e. The Balaban J connectivity index is 1.35. The van der Waals surface area contributed by atoms with Crippen molar-refractivity contribution in [2.75, 3.05) is 13.1 Å². The number of aryl methyl sites for hydroxylation is 1.